The van der Waals surface area contributed by atoms with E-state index >= 15 is 0 Å². The van der Waals surface area contributed by atoms with Crippen molar-refractivity contribution in [2.24, 2.45) is 0 Å². The lowest BCUT2D eigenvalue weighted by atomic mass is 9.99. The minimum Gasteiger partial charge on any atom is -0.355 e. The molecule has 0 amide bonds. The van der Waals surface area contributed by atoms with Crippen LogP contribution in [0.3, 0.4) is 0 Å². The number of rotatable bonds is 3. The molecule has 3 aromatic heterocycles. The van der Waals surface area contributed by atoms with E-state index in [0.29, 0.717) is 5.92 Å². The summed E-state index contributed by atoms with van der Waals surface area (Å²) in [6.45, 7) is 9.57. The molecule has 1 fully saturated rings. The van der Waals surface area contributed by atoms with Crippen LogP contribution in [0.15, 0.2) is 24.3 Å². The average molecular weight is 374 g/mol. The average Bonchev–Trinajstić information content (AvgIpc) is 3.15. The molecule has 28 heavy (non-hydrogen) atoms. The summed E-state index contributed by atoms with van der Waals surface area (Å²) in [5.74, 6) is 5.37. The molecule has 4 aromatic rings. The van der Waals surface area contributed by atoms with Crippen LogP contribution < -0.4 is 4.90 Å². The van der Waals surface area contributed by atoms with Crippen molar-refractivity contribution in [1.29, 1.82) is 0 Å². The molecule has 0 atom stereocenters. The van der Waals surface area contributed by atoms with Crippen LogP contribution in [0.25, 0.3) is 16.9 Å². The van der Waals surface area contributed by atoms with Gasteiger partial charge in [0.05, 0.1) is 17.0 Å². The number of H-pyrrole nitrogens is 1. The molecule has 0 spiro atoms. The van der Waals surface area contributed by atoms with E-state index < -0.39 is 0 Å². The lowest BCUT2D eigenvalue weighted by Gasteiger charge is -2.39. The highest BCUT2D eigenvalue weighted by atomic mass is 15.4. The zero-order valence-corrected chi connectivity index (χ0v) is 16.4. The van der Waals surface area contributed by atoms with Gasteiger partial charge < -0.3 is 9.88 Å². The number of aromatic amines is 1. The fraction of sp³-hybridized carbons (Fsp3) is 0.350. The highest BCUT2D eigenvalue weighted by Gasteiger charge is 2.32. The van der Waals surface area contributed by atoms with Crippen LogP contribution in [0, 0.1) is 27.7 Å². The summed E-state index contributed by atoms with van der Waals surface area (Å²) in [6, 6.07) is 8.29. The minimum atomic E-state index is 0.377. The minimum absolute atomic E-state index is 0.377. The lowest BCUT2D eigenvalue weighted by Crippen LogP contribution is -2.46. The van der Waals surface area contributed by atoms with Gasteiger partial charge in [-0.15, -0.1) is 5.10 Å². The third-order valence-electron chi connectivity index (χ3n) is 5.15. The summed E-state index contributed by atoms with van der Waals surface area (Å²) >= 11 is 0. The van der Waals surface area contributed by atoms with Gasteiger partial charge in [-0.2, -0.15) is 4.68 Å². The van der Waals surface area contributed by atoms with E-state index in [1.54, 1.807) is 4.68 Å². The van der Waals surface area contributed by atoms with Gasteiger partial charge in [0.15, 0.2) is 5.82 Å². The van der Waals surface area contributed by atoms with E-state index in [-0.39, 0.29) is 0 Å². The number of anilines is 1. The highest BCUT2D eigenvalue weighted by Crippen LogP contribution is 2.31. The maximum absolute atomic E-state index is 4.76. The van der Waals surface area contributed by atoms with Crippen LogP contribution in [0.4, 0.5) is 5.82 Å². The van der Waals surface area contributed by atoms with Gasteiger partial charge in [-0.25, -0.2) is 19.9 Å². The Labute approximate surface area is 162 Å². The van der Waals surface area contributed by atoms with Gasteiger partial charge in [-0.05, 0) is 45.4 Å². The second kappa shape index (κ2) is 6.12. The molecule has 8 nitrogen and oxygen atoms in total. The Hall–Kier alpha value is -3.29. The van der Waals surface area contributed by atoms with E-state index in [2.05, 4.69) is 55.1 Å². The molecule has 1 aliphatic rings. The van der Waals surface area contributed by atoms with Crippen molar-refractivity contribution in [3.63, 3.8) is 0 Å². The third-order valence-corrected chi connectivity index (χ3v) is 5.15. The zero-order valence-electron chi connectivity index (χ0n) is 16.4. The van der Waals surface area contributed by atoms with E-state index in [0.717, 1.165) is 59.1 Å². The molecule has 4 heterocycles. The summed E-state index contributed by atoms with van der Waals surface area (Å²) in [5, 5.41) is 4.44. The van der Waals surface area contributed by atoms with E-state index in [9.17, 15) is 0 Å². The van der Waals surface area contributed by atoms with Gasteiger partial charge in [0.2, 0.25) is 0 Å². The second-order valence-corrected chi connectivity index (χ2v) is 7.49. The largest absolute Gasteiger partial charge is 0.355 e. The van der Waals surface area contributed by atoms with Crippen LogP contribution in [-0.2, 0) is 0 Å². The quantitative estimate of drug-likeness (QED) is 0.593. The molecule has 8 heteroatoms. The number of imidazole rings is 1. The number of benzene rings is 1. The Morgan fingerprint density at radius 1 is 0.893 bits per heavy atom. The molecule has 5 rings (SSSR count). The fourth-order valence-electron chi connectivity index (χ4n) is 3.72. The van der Waals surface area contributed by atoms with Gasteiger partial charge in [0.25, 0.3) is 0 Å². The molecule has 0 bridgehead atoms. The molecule has 0 aliphatic carbocycles. The van der Waals surface area contributed by atoms with Crippen molar-refractivity contribution in [1.82, 2.24) is 34.7 Å². The van der Waals surface area contributed by atoms with Crippen molar-refractivity contribution < 1.29 is 0 Å². The Morgan fingerprint density at radius 2 is 1.68 bits per heavy atom. The van der Waals surface area contributed by atoms with Crippen molar-refractivity contribution in [3.8, 4) is 5.82 Å². The maximum atomic E-state index is 4.76. The molecular formula is C20H22N8. The number of aryl methyl sites for hydroxylation is 4. The van der Waals surface area contributed by atoms with Crippen LogP contribution in [0.5, 0.6) is 0 Å². The number of nitrogens with one attached hydrogen (secondary N) is 1. The van der Waals surface area contributed by atoms with Crippen LogP contribution in [0.1, 0.15) is 34.8 Å². The number of fused-ring (bicyclic) bond motifs is 1. The summed E-state index contributed by atoms with van der Waals surface area (Å²) in [6.07, 6.45) is 0. The SMILES string of the molecule is Cc1ccc2nc(C3CN(c4cc(-n5nc(C)nc5C)nc(C)n4)C3)[nH]c2c1. The van der Waals surface area contributed by atoms with Gasteiger partial charge in [-0.3, -0.25) is 0 Å². The van der Waals surface area contributed by atoms with Crippen LogP contribution in [0.2, 0.25) is 0 Å². The first kappa shape index (κ1) is 16.9. The molecule has 0 radical (unpaired) electrons. The van der Waals surface area contributed by atoms with Crippen molar-refractivity contribution >= 4 is 16.9 Å². The first-order valence-corrected chi connectivity index (χ1v) is 9.44. The predicted octanol–water partition coefficient (Wildman–Crippen LogP) is 2.77. The first-order chi connectivity index (χ1) is 13.5. The fourth-order valence-corrected chi connectivity index (χ4v) is 3.72. The Bertz CT molecular complexity index is 1180. The van der Waals surface area contributed by atoms with E-state index in [1.807, 2.05) is 26.8 Å². The van der Waals surface area contributed by atoms with E-state index in [4.69, 9.17) is 4.98 Å². The number of nitrogens with zero attached hydrogens (tertiary/aromatic N) is 7. The number of aromatic nitrogens is 7. The van der Waals surface area contributed by atoms with Gasteiger partial charge in [-0.1, -0.05) is 6.07 Å². The molecule has 1 aromatic carbocycles. The molecular weight excluding hydrogens is 352 g/mol. The van der Waals surface area contributed by atoms with Gasteiger partial charge in [0.1, 0.15) is 29.1 Å². The lowest BCUT2D eigenvalue weighted by molar-refractivity contribution is 0.500. The summed E-state index contributed by atoms with van der Waals surface area (Å²) in [5.41, 5.74) is 3.36. The Kier molecular flexibility index (Phi) is 3.68. The number of hydrogen-bond donors (Lipinski definition) is 1. The summed E-state index contributed by atoms with van der Waals surface area (Å²) in [4.78, 5) is 24.0. The first-order valence-electron chi connectivity index (χ1n) is 9.44. The monoisotopic (exact) mass is 374 g/mol. The van der Waals surface area contributed by atoms with Gasteiger partial charge in [0, 0.05) is 19.2 Å². The third kappa shape index (κ3) is 2.81. The molecule has 0 unspecified atom stereocenters. The molecule has 1 saturated heterocycles. The summed E-state index contributed by atoms with van der Waals surface area (Å²) in [7, 11) is 0. The predicted molar refractivity (Wildman–Crippen MR) is 107 cm³/mol. The second-order valence-electron chi connectivity index (χ2n) is 7.49. The van der Waals surface area contributed by atoms with Crippen molar-refractivity contribution in [2.45, 2.75) is 33.6 Å². The van der Waals surface area contributed by atoms with E-state index in [1.165, 1.54) is 5.56 Å². The maximum Gasteiger partial charge on any atom is 0.161 e. The highest BCUT2D eigenvalue weighted by molar-refractivity contribution is 5.76. The van der Waals surface area contributed by atoms with Gasteiger partial charge >= 0.3 is 0 Å². The molecule has 142 valence electrons. The normalized spacial score (nSPS) is 14.6. The zero-order chi connectivity index (χ0) is 19.4. The topological polar surface area (TPSA) is 88.4 Å². The standard InChI is InChI=1S/C20H22N8/c1-11-5-6-16-17(7-11)25-20(24-16)15-9-27(10-15)18-8-19(23-12(2)22-18)28-14(4)21-13(3)26-28/h5-8,15H,9-10H2,1-4H3,(H,24,25). The van der Waals surface area contributed by atoms with Crippen LogP contribution >= 0.6 is 0 Å². The van der Waals surface area contributed by atoms with Crippen molar-refractivity contribution in [3.05, 3.63) is 53.1 Å². The van der Waals surface area contributed by atoms with Crippen LogP contribution in [-0.4, -0.2) is 47.8 Å². The Morgan fingerprint density at radius 3 is 2.43 bits per heavy atom. The molecule has 1 N–H and O–H groups in total. The molecule has 1 aliphatic heterocycles. The number of hydrogen-bond acceptors (Lipinski definition) is 6. The smallest absolute Gasteiger partial charge is 0.161 e. The van der Waals surface area contributed by atoms with Crippen molar-refractivity contribution in [2.75, 3.05) is 18.0 Å². The molecule has 0 saturated carbocycles. The summed E-state index contributed by atoms with van der Waals surface area (Å²) < 4.78 is 1.77. The Balaban J connectivity index is 1.39.